The van der Waals surface area contributed by atoms with Gasteiger partial charge in [-0.3, -0.25) is 4.79 Å². The number of nitrogens with two attached hydrogens (primary N) is 1. The number of benzene rings is 2. The van der Waals surface area contributed by atoms with Crippen LogP contribution in [0.5, 0.6) is 0 Å². The van der Waals surface area contributed by atoms with Crippen molar-refractivity contribution in [2.75, 3.05) is 18.8 Å². The largest absolute Gasteiger partial charge is 0.406 e. The van der Waals surface area contributed by atoms with Crippen molar-refractivity contribution in [1.82, 2.24) is 4.90 Å². The summed E-state index contributed by atoms with van der Waals surface area (Å²) in [5.41, 5.74) is 8.78. The summed E-state index contributed by atoms with van der Waals surface area (Å²) in [6, 6.07) is 12.2. The lowest BCUT2D eigenvalue weighted by molar-refractivity contribution is -0.140. The number of nitrogens with zero attached hydrogens (tertiary/aromatic N) is 1. The molecular formula is C19H21F3N2O. The van der Waals surface area contributed by atoms with Crippen molar-refractivity contribution in [1.29, 1.82) is 0 Å². The third-order valence-electron chi connectivity index (χ3n) is 3.94. The highest BCUT2D eigenvalue weighted by Crippen LogP contribution is 2.21. The number of anilines is 1. The lowest BCUT2D eigenvalue weighted by Gasteiger charge is -2.25. The highest BCUT2D eigenvalue weighted by atomic mass is 19.4. The van der Waals surface area contributed by atoms with Crippen molar-refractivity contribution in [3.8, 4) is 0 Å². The van der Waals surface area contributed by atoms with Gasteiger partial charge in [-0.05, 0) is 43.5 Å². The second kappa shape index (κ2) is 7.59. The number of hydrogen-bond acceptors (Lipinski definition) is 2. The molecule has 0 fully saturated rings. The molecule has 0 unspecified atom stereocenters. The Hall–Kier alpha value is -2.50. The van der Waals surface area contributed by atoms with Crippen LogP contribution in [0.25, 0.3) is 0 Å². The Morgan fingerprint density at radius 3 is 2.32 bits per heavy atom. The van der Waals surface area contributed by atoms with E-state index in [1.54, 1.807) is 19.1 Å². The number of carbonyl (C=O) groups is 1. The second-order valence-corrected chi connectivity index (χ2v) is 6.15. The molecule has 0 aromatic heterocycles. The Bertz CT molecular complexity index is 739. The van der Waals surface area contributed by atoms with Crippen LogP contribution in [-0.4, -0.2) is 30.1 Å². The zero-order valence-corrected chi connectivity index (χ0v) is 14.2. The molecule has 2 aromatic carbocycles. The number of rotatable bonds is 5. The molecule has 0 radical (unpaired) electrons. The fraction of sp³-hybridized carbons (Fsp3) is 0.316. The van der Waals surface area contributed by atoms with Crippen molar-refractivity contribution >= 4 is 11.6 Å². The Labute approximate surface area is 145 Å². The summed E-state index contributed by atoms with van der Waals surface area (Å²) in [7, 11) is 0. The normalized spacial score (nSPS) is 11.4. The maximum absolute atomic E-state index is 12.9. The number of alkyl halides is 3. The van der Waals surface area contributed by atoms with Gasteiger partial charge in [0.1, 0.15) is 6.54 Å². The standard InChI is InChI=1S/C19H21F3N2O/c1-13-3-6-15(7-4-13)9-10-24(12-19(20,21)22)18(25)17-11-16(23)8-5-14(17)2/h3-8,11H,9-10,12,23H2,1-2H3. The summed E-state index contributed by atoms with van der Waals surface area (Å²) in [6.07, 6.45) is -4.11. The van der Waals surface area contributed by atoms with Crippen LogP contribution in [0.1, 0.15) is 27.0 Å². The van der Waals surface area contributed by atoms with Gasteiger partial charge in [0, 0.05) is 17.8 Å². The lowest BCUT2D eigenvalue weighted by Crippen LogP contribution is -2.40. The molecule has 0 spiro atoms. The van der Waals surface area contributed by atoms with E-state index in [-0.39, 0.29) is 12.1 Å². The predicted molar refractivity (Wildman–Crippen MR) is 92.4 cm³/mol. The molecule has 0 aliphatic heterocycles. The molecule has 25 heavy (non-hydrogen) atoms. The summed E-state index contributed by atoms with van der Waals surface area (Å²) in [5, 5.41) is 0. The second-order valence-electron chi connectivity index (χ2n) is 6.15. The van der Waals surface area contributed by atoms with Crippen molar-refractivity contribution in [2.45, 2.75) is 26.4 Å². The summed E-state index contributed by atoms with van der Waals surface area (Å²) in [6.45, 7) is 2.31. The summed E-state index contributed by atoms with van der Waals surface area (Å²) in [4.78, 5) is 13.5. The Balaban J connectivity index is 2.21. The van der Waals surface area contributed by atoms with E-state index < -0.39 is 18.6 Å². The van der Waals surface area contributed by atoms with Crippen molar-refractivity contribution < 1.29 is 18.0 Å². The van der Waals surface area contributed by atoms with E-state index >= 15 is 0 Å². The van der Waals surface area contributed by atoms with Crippen LogP contribution in [-0.2, 0) is 6.42 Å². The highest BCUT2D eigenvalue weighted by Gasteiger charge is 2.33. The topological polar surface area (TPSA) is 46.3 Å². The van der Waals surface area contributed by atoms with E-state index in [1.807, 2.05) is 31.2 Å². The fourth-order valence-corrected chi connectivity index (χ4v) is 2.53. The van der Waals surface area contributed by atoms with Crippen molar-refractivity contribution in [3.63, 3.8) is 0 Å². The molecule has 0 atom stereocenters. The zero-order chi connectivity index (χ0) is 18.6. The van der Waals surface area contributed by atoms with Gasteiger partial charge in [-0.2, -0.15) is 13.2 Å². The third-order valence-corrected chi connectivity index (χ3v) is 3.94. The highest BCUT2D eigenvalue weighted by molar-refractivity contribution is 5.96. The quantitative estimate of drug-likeness (QED) is 0.824. The average Bonchev–Trinajstić information content (AvgIpc) is 2.53. The minimum Gasteiger partial charge on any atom is -0.399 e. The van der Waals surface area contributed by atoms with Gasteiger partial charge in [0.05, 0.1) is 0 Å². The first-order valence-electron chi connectivity index (χ1n) is 7.93. The first kappa shape index (κ1) is 18.8. The fourth-order valence-electron chi connectivity index (χ4n) is 2.53. The number of hydrogen-bond donors (Lipinski definition) is 1. The molecule has 0 aliphatic carbocycles. The molecule has 2 N–H and O–H groups in total. The van der Waals surface area contributed by atoms with Gasteiger partial charge < -0.3 is 10.6 Å². The van der Waals surface area contributed by atoms with Gasteiger partial charge in [0.25, 0.3) is 5.91 Å². The van der Waals surface area contributed by atoms with E-state index in [9.17, 15) is 18.0 Å². The Morgan fingerprint density at radius 1 is 1.08 bits per heavy atom. The van der Waals surface area contributed by atoms with E-state index in [1.165, 1.54) is 6.07 Å². The Morgan fingerprint density at radius 2 is 1.72 bits per heavy atom. The van der Waals surface area contributed by atoms with Gasteiger partial charge in [0.15, 0.2) is 0 Å². The maximum Gasteiger partial charge on any atom is 0.406 e. The van der Waals surface area contributed by atoms with Gasteiger partial charge in [-0.25, -0.2) is 0 Å². The zero-order valence-electron chi connectivity index (χ0n) is 14.2. The molecule has 0 aliphatic rings. The summed E-state index contributed by atoms with van der Waals surface area (Å²) >= 11 is 0. The number of nitrogen functional groups attached to an aromatic ring is 1. The van der Waals surface area contributed by atoms with Gasteiger partial charge in [-0.15, -0.1) is 0 Å². The summed E-state index contributed by atoms with van der Waals surface area (Å²) < 4.78 is 38.8. The molecule has 0 bridgehead atoms. The molecule has 134 valence electrons. The number of halogens is 3. The molecule has 6 heteroatoms. The van der Waals surface area contributed by atoms with Crippen LogP contribution in [0.4, 0.5) is 18.9 Å². The number of aryl methyl sites for hydroxylation is 2. The first-order chi connectivity index (χ1) is 11.7. The first-order valence-corrected chi connectivity index (χ1v) is 7.93. The van der Waals surface area contributed by atoms with Crippen LogP contribution < -0.4 is 5.73 Å². The minimum atomic E-state index is -4.46. The monoisotopic (exact) mass is 350 g/mol. The SMILES string of the molecule is Cc1ccc(CCN(CC(F)(F)F)C(=O)c2cc(N)ccc2C)cc1. The van der Waals surface area contributed by atoms with Crippen LogP contribution >= 0.6 is 0 Å². The van der Waals surface area contributed by atoms with Gasteiger partial charge >= 0.3 is 6.18 Å². The predicted octanol–water partition coefficient (Wildman–Crippen LogP) is 4.13. The molecule has 2 rings (SSSR count). The molecule has 2 aromatic rings. The van der Waals surface area contributed by atoms with Crippen LogP contribution in [0.15, 0.2) is 42.5 Å². The molecule has 0 heterocycles. The molecule has 0 saturated heterocycles. The Kier molecular flexibility index (Phi) is 5.72. The van der Waals surface area contributed by atoms with E-state index in [0.29, 0.717) is 17.7 Å². The third kappa shape index (κ3) is 5.52. The minimum absolute atomic E-state index is 0.0182. The van der Waals surface area contributed by atoms with Crippen LogP contribution in [0, 0.1) is 13.8 Å². The van der Waals surface area contributed by atoms with Gasteiger partial charge in [0.2, 0.25) is 0 Å². The van der Waals surface area contributed by atoms with Crippen molar-refractivity contribution in [2.24, 2.45) is 0 Å². The number of carbonyl (C=O) groups excluding carboxylic acids is 1. The van der Waals surface area contributed by atoms with E-state index in [4.69, 9.17) is 5.73 Å². The van der Waals surface area contributed by atoms with Gasteiger partial charge in [-0.1, -0.05) is 35.9 Å². The van der Waals surface area contributed by atoms with Crippen LogP contribution in [0.2, 0.25) is 0 Å². The molecular weight excluding hydrogens is 329 g/mol. The van der Waals surface area contributed by atoms with Crippen molar-refractivity contribution in [3.05, 3.63) is 64.7 Å². The summed E-state index contributed by atoms with van der Waals surface area (Å²) in [5.74, 6) is -0.658. The lowest BCUT2D eigenvalue weighted by atomic mass is 10.1. The molecule has 0 saturated carbocycles. The smallest absolute Gasteiger partial charge is 0.399 e. The molecule has 1 amide bonds. The van der Waals surface area contributed by atoms with E-state index in [0.717, 1.165) is 16.0 Å². The maximum atomic E-state index is 12.9. The number of amides is 1. The van der Waals surface area contributed by atoms with E-state index in [2.05, 4.69) is 0 Å². The molecule has 3 nitrogen and oxygen atoms in total. The van der Waals surface area contributed by atoms with Crippen LogP contribution in [0.3, 0.4) is 0 Å². The average molecular weight is 350 g/mol.